The van der Waals surface area contributed by atoms with E-state index in [0.717, 1.165) is 4.90 Å². The van der Waals surface area contributed by atoms with E-state index in [1.807, 2.05) is 6.92 Å². The van der Waals surface area contributed by atoms with Gasteiger partial charge in [-0.15, -0.1) is 0 Å². The predicted molar refractivity (Wildman–Crippen MR) is 131 cm³/mol. The fourth-order valence-corrected chi connectivity index (χ4v) is 4.58. The summed E-state index contributed by atoms with van der Waals surface area (Å²) in [7, 11) is 0. The number of hydrogen-bond acceptors (Lipinski definition) is 5. The number of amides is 3. The van der Waals surface area contributed by atoms with Crippen molar-refractivity contribution in [2.24, 2.45) is 0 Å². The van der Waals surface area contributed by atoms with Gasteiger partial charge >= 0.3 is 5.97 Å². The molecule has 34 heavy (non-hydrogen) atoms. The molecule has 3 rings (SSSR count). The Kier molecular flexibility index (Phi) is 8.71. The molecule has 0 aliphatic carbocycles. The lowest BCUT2D eigenvalue weighted by Gasteiger charge is -2.24. The number of halogens is 5. The van der Waals surface area contributed by atoms with Gasteiger partial charge in [0.05, 0.1) is 41.9 Å². The molecule has 0 unspecified atom stereocenters. The quantitative estimate of drug-likeness (QED) is 0.175. The highest BCUT2D eigenvalue weighted by atomic mass is 35.5. The normalized spacial score (nSPS) is 13.6. The van der Waals surface area contributed by atoms with E-state index in [0.29, 0.717) is 23.6 Å². The Morgan fingerprint density at radius 1 is 0.941 bits per heavy atom. The summed E-state index contributed by atoms with van der Waals surface area (Å²) in [6.07, 6.45) is 1.25. The summed E-state index contributed by atoms with van der Waals surface area (Å²) < 4.78 is 5.13. The molecule has 0 bridgehead atoms. The van der Waals surface area contributed by atoms with Crippen molar-refractivity contribution < 1.29 is 23.9 Å². The Morgan fingerprint density at radius 3 is 2.03 bits per heavy atom. The first kappa shape index (κ1) is 26.6. The molecule has 0 saturated carbocycles. The number of unbranched alkanes of at least 4 members (excludes halogenated alkanes) is 1. The number of nitrogens with one attached hydrogen (secondary N) is 1. The molecule has 0 saturated heterocycles. The number of nitrogens with zero attached hydrogens (tertiary/aromatic N) is 1. The van der Waals surface area contributed by atoms with Crippen LogP contribution in [-0.2, 0) is 14.3 Å². The van der Waals surface area contributed by atoms with E-state index in [9.17, 15) is 19.2 Å². The van der Waals surface area contributed by atoms with Crippen LogP contribution in [0.4, 0.5) is 5.69 Å². The fourth-order valence-electron chi connectivity index (χ4n) is 3.38. The first-order chi connectivity index (χ1) is 16.1. The summed E-state index contributed by atoms with van der Waals surface area (Å²) in [5, 5.41) is 1.98. The zero-order valence-electron chi connectivity index (χ0n) is 17.6. The van der Waals surface area contributed by atoms with Crippen molar-refractivity contribution in [3.8, 4) is 0 Å². The van der Waals surface area contributed by atoms with Crippen molar-refractivity contribution in [2.45, 2.75) is 32.2 Å². The number of carbonyl (C=O) groups excluding carboxylic acids is 4. The second-order valence-corrected chi connectivity index (χ2v) is 9.20. The maximum Gasteiger partial charge on any atom is 0.329 e. The minimum atomic E-state index is -1.31. The van der Waals surface area contributed by atoms with Crippen LogP contribution in [0.15, 0.2) is 24.3 Å². The van der Waals surface area contributed by atoms with Crippen molar-refractivity contribution in [1.82, 2.24) is 4.90 Å². The summed E-state index contributed by atoms with van der Waals surface area (Å²) in [5.41, 5.74) is -0.139. The highest BCUT2D eigenvalue weighted by Crippen LogP contribution is 2.45. The van der Waals surface area contributed by atoms with Crippen molar-refractivity contribution in [3.63, 3.8) is 0 Å². The zero-order valence-corrected chi connectivity index (χ0v) is 21.4. The lowest BCUT2D eigenvalue weighted by molar-refractivity contribution is -0.151. The third-order valence-corrected chi connectivity index (χ3v) is 7.17. The number of anilines is 1. The van der Waals surface area contributed by atoms with E-state index in [1.165, 1.54) is 0 Å². The number of carbonyl (C=O) groups is 4. The number of benzene rings is 2. The summed E-state index contributed by atoms with van der Waals surface area (Å²) >= 11 is 30.4. The zero-order chi connectivity index (χ0) is 25.2. The molecule has 0 spiro atoms. The number of fused-ring (bicyclic) bond motifs is 1. The van der Waals surface area contributed by atoms with Crippen LogP contribution >= 0.6 is 58.0 Å². The predicted octanol–water partition coefficient (Wildman–Crippen LogP) is 6.29. The molecule has 2 aromatic rings. The highest BCUT2D eigenvalue weighted by molar-refractivity contribution is 6.55. The topological polar surface area (TPSA) is 92.8 Å². The van der Waals surface area contributed by atoms with Gasteiger partial charge in [0.1, 0.15) is 6.04 Å². The molecule has 12 heteroatoms. The van der Waals surface area contributed by atoms with Gasteiger partial charge in [0.25, 0.3) is 17.7 Å². The molecule has 1 N–H and O–H groups in total. The largest absolute Gasteiger partial charge is 0.454 e. The van der Waals surface area contributed by atoms with E-state index in [1.54, 1.807) is 24.3 Å². The molecule has 1 aliphatic heterocycles. The minimum absolute atomic E-state index is 0.101. The lowest BCUT2D eigenvalue weighted by atomic mass is 10.1. The summed E-state index contributed by atoms with van der Waals surface area (Å²) in [4.78, 5) is 52.1. The molecule has 0 fully saturated rings. The standard InChI is InChI=1S/C22H17Cl5N2O5/c1-2-3-8-12(22(33)34-9-13(30)28-11-7-5-4-6-10(11)23)29-20(31)14-15(21(29)32)17(25)19(27)18(26)16(14)24/h4-7,12H,2-3,8-9H2,1H3,(H,28,30)/t12-/m0/s1. The van der Waals surface area contributed by atoms with Gasteiger partial charge in [0.2, 0.25) is 0 Å². The van der Waals surface area contributed by atoms with Crippen LogP contribution in [0.3, 0.4) is 0 Å². The third-order valence-electron chi connectivity index (χ3n) is 5.04. The highest BCUT2D eigenvalue weighted by Gasteiger charge is 2.47. The van der Waals surface area contributed by atoms with Gasteiger partial charge in [-0.1, -0.05) is 89.9 Å². The number of esters is 1. The molecule has 0 aromatic heterocycles. The van der Waals surface area contributed by atoms with E-state index < -0.39 is 36.3 Å². The Hall–Kier alpha value is -2.03. The average molecular weight is 567 g/mol. The van der Waals surface area contributed by atoms with Crippen LogP contribution in [-0.4, -0.2) is 41.2 Å². The Morgan fingerprint density at radius 2 is 1.50 bits per heavy atom. The number of hydrogen-bond donors (Lipinski definition) is 1. The molecule has 1 atom stereocenters. The number of para-hydroxylation sites is 1. The SMILES string of the molecule is CCCC[C@@H](C(=O)OCC(=O)Nc1ccccc1Cl)N1C(=O)c2c(Cl)c(Cl)c(Cl)c(Cl)c2C1=O. The van der Waals surface area contributed by atoms with Gasteiger partial charge in [-0.05, 0) is 18.6 Å². The fraction of sp³-hybridized carbons (Fsp3) is 0.273. The number of imide groups is 1. The van der Waals surface area contributed by atoms with E-state index in [4.69, 9.17) is 62.7 Å². The third kappa shape index (κ3) is 5.14. The van der Waals surface area contributed by atoms with E-state index >= 15 is 0 Å². The van der Waals surface area contributed by atoms with Crippen molar-refractivity contribution >= 4 is 87.4 Å². The summed E-state index contributed by atoms with van der Waals surface area (Å²) in [6.45, 7) is 1.21. The molecule has 0 radical (unpaired) electrons. The van der Waals surface area contributed by atoms with E-state index in [2.05, 4.69) is 5.32 Å². The van der Waals surface area contributed by atoms with Crippen LogP contribution in [0.25, 0.3) is 0 Å². The lowest BCUT2D eigenvalue weighted by Crippen LogP contribution is -2.46. The first-order valence-corrected chi connectivity index (χ1v) is 11.9. The molecule has 180 valence electrons. The Bertz CT molecular complexity index is 1140. The molecule has 1 heterocycles. The van der Waals surface area contributed by atoms with Crippen LogP contribution < -0.4 is 5.32 Å². The van der Waals surface area contributed by atoms with E-state index in [-0.39, 0.29) is 37.6 Å². The minimum Gasteiger partial charge on any atom is -0.454 e. The van der Waals surface area contributed by atoms with Gasteiger partial charge in [-0.25, -0.2) is 4.79 Å². The maximum atomic E-state index is 13.1. The number of rotatable bonds is 8. The van der Waals surface area contributed by atoms with Gasteiger partial charge < -0.3 is 10.1 Å². The molecular weight excluding hydrogens is 550 g/mol. The molecule has 1 aliphatic rings. The van der Waals surface area contributed by atoms with Crippen molar-refractivity contribution in [2.75, 3.05) is 11.9 Å². The molecular formula is C22H17Cl5N2O5. The summed E-state index contributed by atoms with van der Waals surface area (Å²) in [5.74, 6) is -3.31. The Labute approximate surface area is 220 Å². The smallest absolute Gasteiger partial charge is 0.329 e. The number of ether oxygens (including phenoxy) is 1. The monoisotopic (exact) mass is 564 g/mol. The second-order valence-electron chi connectivity index (χ2n) is 7.28. The van der Waals surface area contributed by atoms with Gasteiger partial charge in [-0.3, -0.25) is 19.3 Å². The summed E-state index contributed by atoms with van der Waals surface area (Å²) in [6, 6.07) is 5.21. The second kappa shape index (κ2) is 11.1. The molecule has 3 amide bonds. The van der Waals surface area contributed by atoms with Crippen molar-refractivity contribution in [3.05, 3.63) is 60.5 Å². The average Bonchev–Trinajstić information content (AvgIpc) is 3.07. The van der Waals surface area contributed by atoms with Crippen LogP contribution in [0.1, 0.15) is 46.9 Å². The molecule has 7 nitrogen and oxygen atoms in total. The van der Waals surface area contributed by atoms with Gasteiger partial charge in [0, 0.05) is 0 Å². The van der Waals surface area contributed by atoms with Crippen LogP contribution in [0.2, 0.25) is 25.1 Å². The van der Waals surface area contributed by atoms with Gasteiger partial charge in [0.15, 0.2) is 6.61 Å². The van der Waals surface area contributed by atoms with Crippen LogP contribution in [0, 0.1) is 0 Å². The van der Waals surface area contributed by atoms with Gasteiger partial charge in [-0.2, -0.15) is 0 Å². The maximum absolute atomic E-state index is 13.1. The molecule has 2 aromatic carbocycles. The Balaban J connectivity index is 1.82. The van der Waals surface area contributed by atoms with Crippen LogP contribution in [0.5, 0.6) is 0 Å². The van der Waals surface area contributed by atoms with Crippen molar-refractivity contribution in [1.29, 1.82) is 0 Å². The first-order valence-electron chi connectivity index (χ1n) is 10.0.